The molecule has 19 heavy (non-hydrogen) atoms. The number of carboxylic acids is 1. The molecule has 0 aliphatic heterocycles. The summed E-state index contributed by atoms with van der Waals surface area (Å²) in [6.07, 6.45) is 3.64. The molecule has 0 radical (unpaired) electrons. The van der Waals surface area contributed by atoms with Gasteiger partial charge in [0.25, 0.3) is 0 Å². The molecule has 0 aliphatic rings. The van der Waals surface area contributed by atoms with Gasteiger partial charge in [-0.15, -0.1) is 0 Å². The van der Waals surface area contributed by atoms with E-state index in [4.69, 9.17) is 0 Å². The zero-order valence-electron chi connectivity index (χ0n) is 11.4. The van der Waals surface area contributed by atoms with E-state index < -0.39 is 5.97 Å². The second-order valence-corrected chi connectivity index (χ2v) is 5.59. The number of imidazole rings is 1. The van der Waals surface area contributed by atoms with E-state index in [0.717, 1.165) is 11.4 Å². The molecule has 2 rings (SSSR count). The highest BCUT2D eigenvalue weighted by atomic mass is 16.4. The Hall–Kier alpha value is -2.10. The molecule has 1 N–H and O–H groups in total. The first-order valence-corrected chi connectivity index (χ1v) is 6.22. The summed E-state index contributed by atoms with van der Waals surface area (Å²) in [7, 11) is 0. The fraction of sp³-hybridized carbons (Fsp3) is 0.333. The normalized spacial score (nSPS) is 11.5. The van der Waals surface area contributed by atoms with E-state index in [1.807, 2.05) is 22.9 Å². The Bertz CT molecular complexity index is 594. The van der Waals surface area contributed by atoms with Crippen LogP contribution < -0.4 is 0 Å². The van der Waals surface area contributed by atoms with Gasteiger partial charge in [0.15, 0.2) is 0 Å². The minimum Gasteiger partial charge on any atom is -0.478 e. The molecule has 1 aromatic carbocycles. The average molecular weight is 258 g/mol. The molecule has 4 heteroatoms. The third kappa shape index (κ3) is 2.84. The van der Waals surface area contributed by atoms with Crippen LogP contribution in [0.4, 0.5) is 0 Å². The first-order valence-electron chi connectivity index (χ1n) is 6.22. The zero-order valence-corrected chi connectivity index (χ0v) is 11.4. The van der Waals surface area contributed by atoms with Gasteiger partial charge in [0.1, 0.15) is 5.82 Å². The quantitative estimate of drug-likeness (QED) is 0.921. The number of nitrogens with zero attached hydrogens (tertiary/aromatic N) is 2. The van der Waals surface area contributed by atoms with Crippen molar-refractivity contribution in [3.63, 3.8) is 0 Å². The second-order valence-electron chi connectivity index (χ2n) is 5.59. The van der Waals surface area contributed by atoms with Gasteiger partial charge in [-0.2, -0.15) is 0 Å². The Morgan fingerprint density at radius 3 is 2.63 bits per heavy atom. The highest BCUT2D eigenvalue weighted by Gasteiger charge is 2.20. The van der Waals surface area contributed by atoms with Crippen molar-refractivity contribution in [1.29, 1.82) is 0 Å². The van der Waals surface area contributed by atoms with E-state index >= 15 is 0 Å². The van der Waals surface area contributed by atoms with Crippen molar-refractivity contribution in [3.8, 4) is 0 Å². The van der Waals surface area contributed by atoms with Crippen LogP contribution in [-0.4, -0.2) is 20.6 Å². The van der Waals surface area contributed by atoms with Crippen LogP contribution in [0, 0.1) is 0 Å². The van der Waals surface area contributed by atoms with Crippen molar-refractivity contribution in [3.05, 3.63) is 53.6 Å². The van der Waals surface area contributed by atoms with Crippen molar-refractivity contribution < 1.29 is 9.90 Å². The molecular weight excluding hydrogens is 240 g/mol. The van der Waals surface area contributed by atoms with E-state index in [0.29, 0.717) is 12.1 Å². The maximum absolute atomic E-state index is 11.2. The van der Waals surface area contributed by atoms with Gasteiger partial charge < -0.3 is 9.67 Å². The lowest BCUT2D eigenvalue weighted by molar-refractivity contribution is 0.0695. The first-order chi connectivity index (χ1) is 8.89. The van der Waals surface area contributed by atoms with E-state index in [9.17, 15) is 9.90 Å². The predicted octanol–water partition coefficient (Wildman–Crippen LogP) is 2.93. The summed E-state index contributed by atoms with van der Waals surface area (Å²) in [6, 6.07) is 7.07. The lowest BCUT2D eigenvalue weighted by Crippen LogP contribution is -2.20. The van der Waals surface area contributed by atoms with Crippen LogP contribution in [0.2, 0.25) is 0 Å². The van der Waals surface area contributed by atoms with Gasteiger partial charge in [0.05, 0.1) is 5.56 Å². The largest absolute Gasteiger partial charge is 0.478 e. The predicted molar refractivity (Wildman–Crippen MR) is 73.4 cm³/mol. The Labute approximate surface area is 112 Å². The number of rotatable bonds is 3. The summed E-state index contributed by atoms with van der Waals surface area (Å²) in [4.78, 5) is 15.6. The van der Waals surface area contributed by atoms with E-state index in [1.54, 1.807) is 18.3 Å². The molecule has 100 valence electrons. The van der Waals surface area contributed by atoms with Crippen LogP contribution in [-0.2, 0) is 12.0 Å². The maximum atomic E-state index is 11.2. The number of carbonyl (C=O) groups is 1. The van der Waals surface area contributed by atoms with Crippen LogP contribution in [0.5, 0.6) is 0 Å². The lowest BCUT2D eigenvalue weighted by atomic mass is 9.95. The van der Waals surface area contributed by atoms with Gasteiger partial charge in [0, 0.05) is 24.4 Å². The number of carboxylic acid groups (broad SMARTS) is 1. The lowest BCUT2D eigenvalue weighted by Gasteiger charge is -2.20. The van der Waals surface area contributed by atoms with Crippen LogP contribution in [0.15, 0.2) is 36.7 Å². The van der Waals surface area contributed by atoms with Crippen molar-refractivity contribution in [1.82, 2.24) is 9.55 Å². The molecule has 0 bridgehead atoms. The summed E-state index contributed by atoms with van der Waals surface area (Å²) in [6.45, 7) is 6.80. The number of hydrogen-bond acceptors (Lipinski definition) is 2. The standard InChI is InChI=1S/C15H18N2O2/c1-15(2,3)14-16-8-9-17(14)10-11-6-4-5-7-12(11)13(18)19/h4-9H,10H2,1-3H3,(H,18,19). The molecule has 0 fully saturated rings. The van der Waals surface area contributed by atoms with Gasteiger partial charge in [0.2, 0.25) is 0 Å². The van der Waals surface area contributed by atoms with Crippen LogP contribution in [0.25, 0.3) is 0 Å². The zero-order chi connectivity index (χ0) is 14.0. The monoisotopic (exact) mass is 258 g/mol. The van der Waals surface area contributed by atoms with Crippen molar-refractivity contribution in [2.75, 3.05) is 0 Å². The van der Waals surface area contributed by atoms with Crippen LogP contribution in [0.3, 0.4) is 0 Å². The number of aromatic carboxylic acids is 1. The summed E-state index contributed by atoms with van der Waals surface area (Å²) in [5.74, 6) is 0.0562. The first kappa shape index (κ1) is 13.3. The van der Waals surface area contributed by atoms with Crippen molar-refractivity contribution >= 4 is 5.97 Å². The van der Waals surface area contributed by atoms with E-state index in [-0.39, 0.29) is 5.41 Å². The summed E-state index contributed by atoms with van der Waals surface area (Å²) in [5, 5.41) is 9.20. The smallest absolute Gasteiger partial charge is 0.336 e. The summed E-state index contributed by atoms with van der Waals surface area (Å²) >= 11 is 0. The molecule has 0 spiro atoms. The highest BCUT2D eigenvalue weighted by Crippen LogP contribution is 2.21. The van der Waals surface area contributed by atoms with Gasteiger partial charge >= 0.3 is 5.97 Å². The fourth-order valence-electron chi connectivity index (χ4n) is 2.13. The van der Waals surface area contributed by atoms with Gasteiger partial charge in [-0.1, -0.05) is 39.0 Å². The Kier molecular flexibility index (Phi) is 3.42. The summed E-state index contributed by atoms with van der Waals surface area (Å²) < 4.78 is 2.00. The average Bonchev–Trinajstić information content (AvgIpc) is 2.77. The number of benzene rings is 1. The van der Waals surface area contributed by atoms with Gasteiger partial charge in [-0.25, -0.2) is 9.78 Å². The topological polar surface area (TPSA) is 55.1 Å². The SMILES string of the molecule is CC(C)(C)c1nccn1Cc1ccccc1C(=O)O. The Balaban J connectivity index is 2.38. The molecule has 4 nitrogen and oxygen atoms in total. The molecule has 0 aliphatic carbocycles. The third-order valence-electron chi connectivity index (χ3n) is 2.97. The molecule has 0 atom stereocenters. The highest BCUT2D eigenvalue weighted by molar-refractivity contribution is 5.89. The maximum Gasteiger partial charge on any atom is 0.336 e. The minimum absolute atomic E-state index is 0.0678. The van der Waals surface area contributed by atoms with Crippen LogP contribution in [0.1, 0.15) is 42.5 Å². The molecule has 0 amide bonds. The van der Waals surface area contributed by atoms with Gasteiger partial charge in [-0.3, -0.25) is 0 Å². The Morgan fingerprint density at radius 2 is 2.00 bits per heavy atom. The number of hydrogen-bond donors (Lipinski definition) is 1. The Morgan fingerprint density at radius 1 is 1.32 bits per heavy atom. The number of aromatic nitrogens is 2. The molecule has 0 saturated carbocycles. The molecule has 1 heterocycles. The van der Waals surface area contributed by atoms with Crippen LogP contribution >= 0.6 is 0 Å². The molecule has 2 aromatic rings. The minimum atomic E-state index is -0.895. The van der Waals surface area contributed by atoms with E-state index in [2.05, 4.69) is 25.8 Å². The van der Waals surface area contributed by atoms with Gasteiger partial charge in [-0.05, 0) is 11.6 Å². The molecule has 0 saturated heterocycles. The fourth-order valence-corrected chi connectivity index (χ4v) is 2.13. The molecule has 0 unspecified atom stereocenters. The summed E-state index contributed by atoms with van der Waals surface area (Å²) in [5.41, 5.74) is 1.07. The third-order valence-corrected chi connectivity index (χ3v) is 2.97. The molecular formula is C15H18N2O2. The van der Waals surface area contributed by atoms with Crippen molar-refractivity contribution in [2.45, 2.75) is 32.7 Å². The molecule has 1 aromatic heterocycles. The van der Waals surface area contributed by atoms with Crippen molar-refractivity contribution in [2.24, 2.45) is 0 Å². The van der Waals surface area contributed by atoms with E-state index in [1.165, 1.54) is 0 Å². The second kappa shape index (κ2) is 4.88.